The molecule has 0 amide bonds. The van der Waals surface area contributed by atoms with Gasteiger partial charge < -0.3 is 9.88 Å². The molecule has 1 aliphatic carbocycles. The van der Waals surface area contributed by atoms with Crippen molar-refractivity contribution in [3.05, 3.63) is 54.1 Å². The van der Waals surface area contributed by atoms with E-state index in [1.807, 2.05) is 19.4 Å². The summed E-state index contributed by atoms with van der Waals surface area (Å²) >= 11 is 0. The van der Waals surface area contributed by atoms with Gasteiger partial charge in [-0.25, -0.2) is 13.8 Å². The molecule has 3 nitrogen and oxygen atoms in total. The van der Waals surface area contributed by atoms with Crippen molar-refractivity contribution < 1.29 is 8.78 Å². The van der Waals surface area contributed by atoms with Crippen molar-refractivity contribution in [2.75, 3.05) is 0 Å². The molecular weight excluding hydrogens is 272 g/mol. The van der Waals surface area contributed by atoms with Gasteiger partial charge in [-0.1, -0.05) is 0 Å². The number of nitrogens with zero attached hydrogens (tertiary/aromatic N) is 2. The summed E-state index contributed by atoms with van der Waals surface area (Å²) in [5.41, 5.74) is 0.381. The molecule has 1 saturated carbocycles. The number of hydrogen-bond acceptors (Lipinski definition) is 2. The fourth-order valence-corrected chi connectivity index (χ4v) is 3.21. The second-order valence-corrected chi connectivity index (χ2v) is 5.67. The highest BCUT2D eigenvalue weighted by Gasteiger charge is 2.30. The van der Waals surface area contributed by atoms with E-state index in [-0.39, 0.29) is 17.9 Å². The van der Waals surface area contributed by atoms with Crippen molar-refractivity contribution in [2.45, 2.75) is 44.3 Å². The molecule has 112 valence electrons. The van der Waals surface area contributed by atoms with E-state index in [4.69, 9.17) is 0 Å². The predicted octanol–water partition coefficient (Wildman–Crippen LogP) is 3.61. The van der Waals surface area contributed by atoms with Crippen LogP contribution in [0.2, 0.25) is 0 Å². The Morgan fingerprint density at radius 3 is 2.95 bits per heavy atom. The molecule has 0 bridgehead atoms. The van der Waals surface area contributed by atoms with Crippen LogP contribution in [0.25, 0.3) is 0 Å². The molecule has 1 fully saturated rings. The Labute approximate surface area is 123 Å². The fourth-order valence-electron chi connectivity index (χ4n) is 3.21. The van der Waals surface area contributed by atoms with Gasteiger partial charge in [-0.3, -0.25) is 0 Å². The minimum atomic E-state index is -0.405. The van der Waals surface area contributed by atoms with Crippen LogP contribution in [0, 0.1) is 11.6 Å². The van der Waals surface area contributed by atoms with Gasteiger partial charge in [0, 0.05) is 36.1 Å². The molecule has 21 heavy (non-hydrogen) atoms. The number of benzene rings is 1. The van der Waals surface area contributed by atoms with Gasteiger partial charge in [0.15, 0.2) is 0 Å². The molecular formula is C16H19F2N3. The van der Waals surface area contributed by atoms with Crippen LogP contribution in [0.15, 0.2) is 36.9 Å². The smallest absolute Gasteiger partial charge is 0.128 e. The topological polar surface area (TPSA) is 29.9 Å². The van der Waals surface area contributed by atoms with Gasteiger partial charge in [0.2, 0.25) is 0 Å². The Morgan fingerprint density at radius 2 is 2.19 bits per heavy atom. The SMILES string of the molecule is CC(NC1CCCC1n1ccnc1)c1cc(F)ccc1F. The van der Waals surface area contributed by atoms with Crippen LogP contribution < -0.4 is 5.32 Å². The molecule has 0 radical (unpaired) electrons. The second kappa shape index (κ2) is 5.93. The van der Waals surface area contributed by atoms with Crippen molar-refractivity contribution >= 4 is 0 Å². The van der Waals surface area contributed by atoms with Crippen molar-refractivity contribution in [3.63, 3.8) is 0 Å². The summed E-state index contributed by atoms with van der Waals surface area (Å²) in [6, 6.07) is 3.95. The monoisotopic (exact) mass is 291 g/mol. The molecule has 1 heterocycles. The molecule has 2 aromatic rings. The third kappa shape index (κ3) is 2.97. The molecule has 3 atom stereocenters. The average molecular weight is 291 g/mol. The molecule has 0 aliphatic heterocycles. The lowest BCUT2D eigenvalue weighted by atomic mass is 10.0. The van der Waals surface area contributed by atoms with E-state index in [9.17, 15) is 8.78 Å². The van der Waals surface area contributed by atoms with Crippen LogP contribution in [0.1, 0.15) is 43.8 Å². The van der Waals surface area contributed by atoms with Gasteiger partial charge in [-0.15, -0.1) is 0 Å². The van der Waals surface area contributed by atoms with Gasteiger partial charge in [0.25, 0.3) is 0 Å². The Morgan fingerprint density at radius 1 is 1.33 bits per heavy atom. The predicted molar refractivity (Wildman–Crippen MR) is 76.8 cm³/mol. The van der Waals surface area contributed by atoms with Crippen molar-refractivity contribution in [1.82, 2.24) is 14.9 Å². The maximum Gasteiger partial charge on any atom is 0.128 e. The third-order valence-electron chi connectivity index (χ3n) is 4.28. The van der Waals surface area contributed by atoms with Crippen LogP contribution in [-0.4, -0.2) is 15.6 Å². The van der Waals surface area contributed by atoms with Crippen LogP contribution in [0.5, 0.6) is 0 Å². The normalized spacial score (nSPS) is 23.4. The number of nitrogens with one attached hydrogen (secondary N) is 1. The summed E-state index contributed by atoms with van der Waals surface area (Å²) in [6.07, 6.45) is 8.77. The van der Waals surface area contributed by atoms with Crippen molar-refractivity contribution in [2.24, 2.45) is 0 Å². The number of aromatic nitrogens is 2. The van der Waals surface area contributed by atoms with Crippen LogP contribution in [0.3, 0.4) is 0 Å². The van der Waals surface area contributed by atoms with Gasteiger partial charge in [0.1, 0.15) is 11.6 Å². The molecule has 1 N–H and O–H groups in total. The Kier molecular flexibility index (Phi) is 4.01. The van der Waals surface area contributed by atoms with E-state index in [0.717, 1.165) is 25.3 Å². The first kappa shape index (κ1) is 14.2. The lowest BCUT2D eigenvalue weighted by Crippen LogP contribution is -2.35. The zero-order valence-corrected chi connectivity index (χ0v) is 12.0. The summed E-state index contributed by atoms with van der Waals surface area (Å²) in [5, 5.41) is 3.45. The van der Waals surface area contributed by atoms with Crippen LogP contribution in [-0.2, 0) is 0 Å². The third-order valence-corrected chi connectivity index (χ3v) is 4.28. The highest BCUT2D eigenvalue weighted by molar-refractivity contribution is 5.22. The molecule has 1 aromatic heterocycles. The zero-order valence-electron chi connectivity index (χ0n) is 12.0. The minimum absolute atomic E-state index is 0.227. The lowest BCUT2D eigenvalue weighted by molar-refractivity contribution is 0.357. The van der Waals surface area contributed by atoms with Gasteiger partial charge >= 0.3 is 0 Å². The van der Waals surface area contributed by atoms with E-state index < -0.39 is 5.82 Å². The standard InChI is InChI=1S/C16H19F2N3/c1-11(13-9-12(17)5-6-14(13)18)20-15-3-2-4-16(15)21-8-7-19-10-21/h5-11,15-16,20H,2-4H2,1H3. The molecule has 1 aliphatic rings. The summed E-state index contributed by atoms with van der Waals surface area (Å²) in [7, 11) is 0. The fraction of sp³-hybridized carbons (Fsp3) is 0.438. The lowest BCUT2D eigenvalue weighted by Gasteiger charge is -2.26. The van der Waals surface area contributed by atoms with E-state index in [1.165, 1.54) is 12.1 Å². The largest absolute Gasteiger partial charge is 0.333 e. The number of halogens is 2. The first-order valence-electron chi connectivity index (χ1n) is 7.33. The minimum Gasteiger partial charge on any atom is -0.333 e. The number of rotatable bonds is 4. The molecule has 3 unspecified atom stereocenters. The highest BCUT2D eigenvalue weighted by atomic mass is 19.1. The van der Waals surface area contributed by atoms with Gasteiger partial charge in [-0.05, 0) is 44.4 Å². The second-order valence-electron chi connectivity index (χ2n) is 5.67. The summed E-state index contributed by atoms with van der Waals surface area (Å²) < 4.78 is 29.3. The summed E-state index contributed by atoms with van der Waals surface area (Å²) in [4.78, 5) is 4.09. The molecule has 0 saturated heterocycles. The molecule has 5 heteroatoms. The molecule has 1 aromatic carbocycles. The first-order chi connectivity index (χ1) is 10.1. The van der Waals surface area contributed by atoms with Gasteiger partial charge in [-0.2, -0.15) is 0 Å². The Hall–Kier alpha value is -1.75. The first-order valence-corrected chi connectivity index (χ1v) is 7.33. The zero-order chi connectivity index (χ0) is 14.8. The van der Waals surface area contributed by atoms with E-state index in [2.05, 4.69) is 14.9 Å². The maximum absolute atomic E-state index is 13.8. The van der Waals surface area contributed by atoms with E-state index in [0.29, 0.717) is 11.6 Å². The molecule has 3 rings (SSSR count). The quantitative estimate of drug-likeness (QED) is 0.932. The Bertz CT molecular complexity index is 598. The van der Waals surface area contributed by atoms with Crippen molar-refractivity contribution in [3.8, 4) is 0 Å². The Balaban J connectivity index is 1.74. The maximum atomic E-state index is 13.8. The number of imidazole rings is 1. The van der Waals surface area contributed by atoms with Crippen molar-refractivity contribution in [1.29, 1.82) is 0 Å². The summed E-state index contributed by atoms with van der Waals surface area (Å²) in [5.74, 6) is -0.772. The van der Waals surface area contributed by atoms with Crippen LogP contribution >= 0.6 is 0 Å². The van der Waals surface area contributed by atoms with Crippen LogP contribution in [0.4, 0.5) is 8.78 Å². The number of hydrogen-bond donors (Lipinski definition) is 1. The van der Waals surface area contributed by atoms with E-state index >= 15 is 0 Å². The highest BCUT2D eigenvalue weighted by Crippen LogP contribution is 2.32. The van der Waals surface area contributed by atoms with E-state index in [1.54, 1.807) is 6.20 Å². The van der Waals surface area contributed by atoms with Gasteiger partial charge in [0.05, 0.1) is 6.33 Å². The average Bonchev–Trinajstić information content (AvgIpc) is 3.11. The molecule has 0 spiro atoms. The summed E-state index contributed by atoms with van der Waals surface area (Å²) in [6.45, 7) is 1.88.